The van der Waals surface area contributed by atoms with E-state index in [1.807, 2.05) is 35.9 Å². The molecular weight excluding hydrogens is 270 g/mol. The van der Waals surface area contributed by atoms with Crippen molar-refractivity contribution in [2.75, 3.05) is 0 Å². The molecule has 4 nitrogen and oxygen atoms in total. The number of fused-ring (bicyclic) bond motifs is 1. The first-order valence-electron chi connectivity index (χ1n) is 6.37. The fraction of sp³-hybridized carbons (Fsp3) is 0.200. The average molecular weight is 285 g/mol. The van der Waals surface area contributed by atoms with Gasteiger partial charge in [0.1, 0.15) is 0 Å². The van der Waals surface area contributed by atoms with Crippen LogP contribution < -0.4 is 0 Å². The Morgan fingerprint density at radius 3 is 2.85 bits per heavy atom. The van der Waals surface area contributed by atoms with Gasteiger partial charge < -0.3 is 9.67 Å². The van der Waals surface area contributed by atoms with E-state index in [-0.39, 0.29) is 6.61 Å². The van der Waals surface area contributed by atoms with Crippen LogP contribution in [0.15, 0.2) is 47.8 Å². The Hall–Kier alpha value is -1.85. The zero-order valence-electron chi connectivity index (χ0n) is 11.2. The van der Waals surface area contributed by atoms with Gasteiger partial charge in [0.05, 0.1) is 29.7 Å². The van der Waals surface area contributed by atoms with Crippen LogP contribution in [0.1, 0.15) is 11.4 Å². The van der Waals surface area contributed by atoms with E-state index in [0.29, 0.717) is 0 Å². The summed E-state index contributed by atoms with van der Waals surface area (Å²) in [5, 5.41) is 11.2. The van der Waals surface area contributed by atoms with Crippen LogP contribution >= 0.6 is 11.8 Å². The van der Waals surface area contributed by atoms with Crippen LogP contribution in [0, 0.1) is 0 Å². The molecule has 0 fully saturated rings. The first kappa shape index (κ1) is 13.1. The lowest BCUT2D eigenvalue weighted by molar-refractivity contribution is 0.271. The largest absolute Gasteiger partial charge is 0.390 e. The number of imidazole rings is 1. The number of pyridine rings is 1. The minimum absolute atomic E-state index is 0.0122. The van der Waals surface area contributed by atoms with Crippen molar-refractivity contribution < 1.29 is 5.11 Å². The van der Waals surface area contributed by atoms with Gasteiger partial charge in [-0.1, -0.05) is 36.0 Å². The SMILES string of the molecule is Cn1c(CO)cnc1SCc1ccc2ccccc2n1. The third-order valence-electron chi connectivity index (χ3n) is 3.21. The van der Waals surface area contributed by atoms with E-state index >= 15 is 0 Å². The summed E-state index contributed by atoms with van der Waals surface area (Å²) in [6.07, 6.45) is 1.70. The van der Waals surface area contributed by atoms with Crippen LogP contribution in [0.3, 0.4) is 0 Å². The minimum atomic E-state index is 0.0122. The highest BCUT2D eigenvalue weighted by Gasteiger charge is 2.07. The summed E-state index contributed by atoms with van der Waals surface area (Å²) in [5.41, 5.74) is 2.86. The van der Waals surface area contributed by atoms with Crippen molar-refractivity contribution in [2.24, 2.45) is 7.05 Å². The number of thioether (sulfide) groups is 1. The molecule has 3 aromatic rings. The molecular formula is C15H15N3OS. The average Bonchev–Trinajstić information content (AvgIpc) is 2.85. The fourth-order valence-corrected chi connectivity index (χ4v) is 2.91. The zero-order valence-corrected chi connectivity index (χ0v) is 12.0. The summed E-state index contributed by atoms with van der Waals surface area (Å²) >= 11 is 1.62. The van der Waals surface area contributed by atoms with Crippen molar-refractivity contribution in [1.29, 1.82) is 0 Å². The van der Waals surface area contributed by atoms with Crippen molar-refractivity contribution in [3.8, 4) is 0 Å². The van der Waals surface area contributed by atoms with E-state index in [4.69, 9.17) is 5.11 Å². The molecule has 3 rings (SSSR count). The van der Waals surface area contributed by atoms with Gasteiger partial charge in [0, 0.05) is 18.2 Å². The molecule has 0 aliphatic rings. The number of rotatable bonds is 4. The predicted molar refractivity (Wildman–Crippen MR) is 80.4 cm³/mol. The van der Waals surface area contributed by atoms with Crippen molar-refractivity contribution >= 4 is 22.7 Å². The Kier molecular flexibility index (Phi) is 3.71. The van der Waals surface area contributed by atoms with Crippen molar-refractivity contribution in [1.82, 2.24) is 14.5 Å². The second kappa shape index (κ2) is 5.64. The first-order valence-corrected chi connectivity index (χ1v) is 7.35. The minimum Gasteiger partial charge on any atom is -0.390 e. The van der Waals surface area contributed by atoms with Gasteiger partial charge in [-0.15, -0.1) is 0 Å². The van der Waals surface area contributed by atoms with Crippen LogP contribution in [-0.4, -0.2) is 19.6 Å². The standard InChI is InChI=1S/C15H15N3OS/c1-18-13(9-19)8-16-15(18)20-10-12-7-6-11-4-2-3-5-14(11)17-12/h2-8,19H,9-10H2,1H3. The third kappa shape index (κ3) is 2.55. The number of para-hydroxylation sites is 1. The highest BCUT2D eigenvalue weighted by Crippen LogP contribution is 2.22. The van der Waals surface area contributed by atoms with E-state index in [0.717, 1.165) is 33.2 Å². The van der Waals surface area contributed by atoms with Gasteiger partial charge in [0.2, 0.25) is 0 Å². The van der Waals surface area contributed by atoms with Crippen LogP contribution in [-0.2, 0) is 19.4 Å². The Morgan fingerprint density at radius 2 is 2.05 bits per heavy atom. The molecule has 0 atom stereocenters. The Bertz CT molecular complexity index is 739. The van der Waals surface area contributed by atoms with Crippen LogP contribution in [0.5, 0.6) is 0 Å². The van der Waals surface area contributed by atoms with Crippen LogP contribution in [0.4, 0.5) is 0 Å². The number of aromatic nitrogens is 3. The maximum atomic E-state index is 9.15. The number of aliphatic hydroxyl groups excluding tert-OH is 1. The second-order valence-electron chi connectivity index (χ2n) is 4.53. The quantitative estimate of drug-likeness (QED) is 0.749. The number of nitrogens with zero attached hydrogens (tertiary/aromatic N) is 3. The molecule has 0 bridgehead atoms. The van der Waals surface area contributed by atoms with Gasteiger partial charge in [-0.05, 0) is 12.1 Å². The van der Waals surface area contributed by atoms with E-state index in [1.54, 1.807) is 18.0 Å². The lowest BCUT2D eigenvalue weighted by Gasteiger charge is -2.04. The maximum Gasteiger partial charge on any atom is 0.168 e. The van der Waals surface area contributed by atoms with Crippen molar-refractivity contribution in [3.05, 3.63) is 54.0 Å². The van der Waals surface area contributed by atoms with Gasteiger partial charge >= 0.3 is 0 Å². The second-order valence-corrected chi connectivity index (χ2v) is 5.48. The molecule has 0 radical (unpaired) electrons. The molecule has 102 valence electrons. The predicted octanol–water partition coefficient (Wildman–Crippen LogP) is 2.75. The summed E-state index contributed by atoms with van der Waals surface area (Å²) in [5.74, 6) is 0.764. The lowest BCUT2D eigenvalue weighted by atomic mass is 10.2. The van der Waals surface area contributed by atoms with E-state index < -0.39 is 0 Å². The fourth-order valence-electron chi connectivity index (χ4n) is 2.03. The summed E-state index contributed by atoms with van der Waals surface area (Å²) < 4.78 is 1.91. The highest BCUT2D eigenvalue weighted by atomic mass is 32.2. The highest BCUT2D eigenvalue weighted by molar-refractivity contribution is 7.98. The molecule has 1 aromatic carbocycles. The monoisotopic (exact) mass is 285 g/mol. The molecule has 0 aliphatic carbocycles. The molecule has 0 spiro atoms. The molecule has 2 heterocycles. The van der Waals surface area contributed by atoms with Gasteiger partial charge in [0.25, 0.3) is 0 Å². The van der Waals surface area contributed by atoms with Crippen LogP contribution in [0.2, 0.25) is 0 Å². The molecule has 0 saturated heterocycles. The molecule has 0 amide bonds. The van der Waals surface area contributed by atoms with Gasteiger partial charge in [-0.3, -0.25) is 4.98 Å². The molecule has 0 saturated carbocycles. The van der Waals surface area contributed by atoms with Crippen molar-refractivity contribution in [3.63, 3.8) is 0 Å². The number of hydrogen-bond donors (Lipinski definition) is 1. The zero-order chi connectivity index (χ0) is 13.9. The normalized spacial score (nSPS) is 11.1. The lowest BCUT2D eigenvalue weighted by Crippen LogP contribution is -1.97. The van der Waals surface area contributed by atoms with E-state index in [2.05, 4.69) is 22.1 Å². The smallest absolute Gasteiger partial charge is 0.168 e. The summed E-state index contributed by atoms with van der Waals surface area (Å²) in [6, 6.07) is 12.2. The topological polar surface area (TPSA) is 50.9 Å². The maximum absolute atomic E-state index is 9.15. The van der Waals surface area contributed by atoms with Gasteiger partial charge in [-0.25, -0.2) is 4.98 Å². The Morgan fingerprint density at radius 1 is 1.20 bits per heavy atom. The first-order chi connectivity index (χ1) is 9.78. The molecule has 0 aliphatic heterocycles. The number of benzene rings is 1. The molecule has 20 heavy (non-hydrogen) atoms. The molecule has 0 unspecified atom stereocenters. The Balaban J connectivity index is 1.77. The molecule has 2 aromatic heterocycles. The van der Waals surface area contributed by atoms with Crippen LogP contribution in [0.25, 0.3) is 10.9 Å². The van der Waals surface area contributed by atoms with Gasteiger partial charge in [-0.2, -0.15) is 0 Å². The molecule has 5 heteroatoms. The van der Waals surface area contributed by atoms with Crippen molar-refractivity contribution in [2.45, 2.75) is 17.5 Å². The Labute approximate surface area is 121 Å². The number of hydrogen-bond acceptors (Lipinski definition) is 4. The van der Waals surface area contributed by atoms with Gasteiger partial charge in [0.15, 0.2) is 5.16 Å². The summed E-state index contributed by atoms with van der Waals surface area (Å²) in [6.45, 7) is 0.0122. The third-order valence-corrected chi connectivity index (χ3v) is 4.29. The van der Waals surface area contributed by atoms with E-state index in [9.17, 15) is 0 Å². The summed E-state index contributed by atoms with van der Waals surface area (Å²) in [4.78, 5) is 8.94. The summed E-state index contributed by atoms with van der Waals surface area (Å²) in [7, 11) is 1.91. The van der Waals surface area contributed by atoms with E-state index in [1.165, 1.54) is 0 Å². The number of aliphatic hydroxyl groups is 1. The molecule has 1 N–H and O–H groups in total.